The van der Waals surface area contributed by atoms with E-state index in [-0.39, 0.29) is 5.91 Å². The number of primary amides is 1. The molecule has 1 aromatic carbocycles. The molecule has 3 N–H and O–H groups in total. The van der Waals surface area contributed by atoms with Crippen molar-refractivity contribution >= 4 is 11.6 Å². The summed E-state index contributed by atoms with van der Waals surface area (Å²) in [6.45, 7) is 2.84. The lowest BCUT2D eigenvalue weighted by Crippen LogP contribution is -2.12. The van der Waals surface area contributed by atoms with Gasteiger partial charge in [0.25, 0.3) is 0 Å². The molecule has 0 aliphatic carbocycles. The number of rotatable bonds is 5. The van der Waals surface area contributed by atoms with Gasteiger partial charge < -0.3 is 11.1 Å². The molecule has 1 rings (SSSR count). The van der Waals surface area contributed by atoms with Crippen molar-refractivity contribution in [2.75, 3.05) is 11.9 Å². The number of aryl methyl sites for hydroxylation is 1. The Morgan fingerprint density at radius 3 is 2.57 bits per heavy atom. The number of hydrogen-bond donors (Lipinski definition) is 2. The highest BCUT2D eigenvalue weighted by atomic mass is 16.1. The minimum absolute atomic E-state index is 0.240. The van der Waals surface area contributed by atoms with Gasteiger partial charge in [-0.05, 0) is 25.5 Å². The molecule has 76 valence electrons. The quantitative estimate of drug-likeness (QED) is 0.697. The largest absolute Gasteiger partial charge is 0.385 e. The van der Waals surface area contributed by atoms with Crippen LogP contribution in [0, 0.1) is 6.92 Å². The highest BCUT2D eigenvalue weighted by molar-refractivity contribution is 5.73. The molecule has 0 saturated carbocycles. The zero-order valence-electron chi connectivity index (χ0n) is 8.42. The van der Waals surface area contributed by atoms with Crippen molar-refractivity contribution in [3.05, 3.63) is 29.8 Å². The number of nitrogens with two attached hydrogens (primary N) is 1. The molecule has 0 aromatic heterocycles. The lowest BCUT2D eigenvalue weighted by molar-refractivity contribution is -0.118. The van der Waals surface area contributed by atoms with E-state index in [2.05, 4.69) is 24.4 Å². The van der Waals surface area contributed by atoms with E-state index < -0.39 is 0 Å². The van der Waals surface area contributed by atoms with Crippen molar-refractivity contribution in [2.24, 2.45) is 5.73 Å². The van der Waals surface area contributed by atoms with Gasteiger partial charge in [-0.2, -0.15) is 0 Å². The summed E-state index contributed by atoms with van der Waals surface area (Å²) >= 11 is 0. The topological polar surface area (TPSA) is 55.1 Å². The fourth-order valence-corrected chi connectivity index (χ4v) is 1.17. The number of carbonyl (C=O) groups is 1. The smallest absolute Gasteiger partial charge is 0.217 e. The molecule has 0 radical (unpaired) electrons. The molecule has 3 heteroatoms. The van der Waals surface area contributed by atoms with Crippen molar-refractivity contribution < 1.29 is 4.79 Å². The van der Waals surface area contributed by atoms with Crippen LogP contribution in [0.25, 0.3) is 0 Å². The standard InChI is InChI=1S/C11H16N2O/c1-9-4-6-10(7-5-9)13-8-2-3-11(12)14/h4-7,13H,2-3,8H2,1H3,(H2,12,14). The van der Waals surface area contributed by atoms with Crippen LogP contribution in [0.1, 0.15) is 18.4 Å². The van der Waals surface area contributed by atoms with Crippen LogP contribution in [0.4, 0.5) is 5.69 Å². The molecule has 3 nitrogen and oxygen atoms in total. The van der Waals surface area contributed by atoms with Crippen molar-refractivity contribution in [3.8, 4) is 0 Å². The summed E-state index contributed by atoms with van der Waals surface area (Å²) in [5, 5.41) is 3.22. The average molecular weight is 192 g/mol. The molecule has 1 aromatic rings. The van der Waals surface area contributed by atoms with Crippen LogP contribution in [0.15, 0.2) is 24.3 Å². The van der Waals surface area contributed by atoms with Crippen LogP contribution in [0.2, 0.25) is 0 Å². The maximum atomic E-state index is 10.4. The summed E-state index contributed by atoms with van der Waals surface area (Å²) in [4.78, 5) is 10.4. The number of nitrogens with one attached hydrogen (secondary N) is 1. The second-order valence-corrected chi connectivity index (χ2v) is 3.36. The zero-order valence-corrected chi connectivity index (χ0v) is 8.42. The molecule has 0 heterocycles. The number of benzene rings is 1. The van der Waals surface area contributed by atoms with Gasteiger partial charge in [-0.25, -0.2) is 0 Å². The van der Waals surface area contributed by atoms with Crippen LogP contribution in [0.3, 0.4) is 0 Å². The molecule has 0 unspecified atom stereocenters. The second kappa shape index (κ2) is 5.27. The number of carbonyl (C=O) groups excluding carboxylic acids is 1. The Bertz CT molecular complexity index is 293. The van der Waals surface area contributed by atoms with Crippen LogP contribution in [-0.2, 0) is 4.79 Å². The van der Waals surface area contributed by atoms with E-state index in [4.69, 9.17) is 5.73 Å². The lowest BCUT2D eigenvalue weighted by Gasteiger charge is -2.05. The molecule has 0 aliphatic rings. The SMILES string of the molecule is Cc1ccc(NCCCC(N)=O)cc1. The third kappa shape index (κ3) is 3.94. The van der Waals surface area contributed by atoms with Crippen molar-refractivity contribution in [1.82, 2.24) is 0 Å². The Balaban J connectivity index is 2.25. The predicted octanol–water partition coefficient (Wildman–Crippen LogP) is 1.67. The van der Waals surface area contributed by atoms with Crippen LogP contribution in [-0.4, -0.2) is 12.5 Å². The summed E-state index contributed by atoms with van der Waals surface area (Å²) in [5.41, 5.74) is 7.35. The molecule has 0 aliphatic heterocycles. The zero-order chi connectivity index (χ0) is 10.4. The van der Waals surface area contributed by atoms with Gasteiger partial charge in [0.15, 0.2) is 0 Å². The van der Waals surface area contributed by atoms with E-state index in [0.29, 0.717) is 6.42 Å². The maximum absolute atomic E-state index is 10.4. The van der Waals surface area contributed by atoms with Crippen LogP contribution >= 0.6 is 0 Å². The van der Waals surface area contributed by atoms with E-state index in [1.807, 2.05) is 12.1 Å². The fourth-order valence-electron chi connectivity index (χ4n) is 1.17. The summed E-state index contributed by atoms with van der Waals surface area (Å²) in [5.74, 6) is -0.240. The monoisotopic (exact) mass is 192 g/mol. The number of amides is 1. The molecule has 0 spiro atoms. The molecule has 0 saturated heterocycles. The van der Waals surface area contributed by atoms with Gasteiger partial charge in [-0.1, -0.05) is 17.7 Å². The first-order valence-electron chi connectivity index (χ1n) is 4.77. The van der Waals surface area contributed by atoms with E-state index in [1.165, 1.54) is 5.56 Å². The molecular weight excluding hydrogens is 176 g/mol. The van der Waals surface area contributed by atoms with Gasteiger partial charge in [0.1, 0.15) is 0 Å². The Morgan fingerprint density at radius 2 is 2.00 bits per heavy atom. The van der Waals surface area contributed by atoms with E-state index in [9.17, 15) is 4.79 Å². The van der Waals surface area contributed by atoms with Gasteiger partial charge in [0, 0.05) is 18.7 Å². The lowest BCUT2D eigenvalue weighted by atomic mass is 10.2. The van der Waals surface area contributed by atoms with Gasteiger partial charge in [0.2, 0.25) is 5.91 Å². The first-order valence-corrected chi connectivity index (χ1v) is 4.77. The van der Waals surface area contributed by atoms with Crippen LogP contribution < -0.4 is 11.1 Å². The molecule has 1 amide bonds. The van der Waals surface area contributed by atoms with Gasteiger partial charge in [-0.3, -0.25) is 4.79 Å². The maximum Gasteiger partial charge on any atom is 0.217 e. The van der Waals surface area contributed by atoms with E-state index in [1.54, 1.807) is 0 Å². The molecule has 0 atom stereocenters. The molecule has 0 bridgehead atoms. The third-order valence-corrected chi connectivity index (χ3v) is 1.98. The number of anilines is 1. The summed E-state index contributed by atoms with van der Waals surface area (Å²) < 4.78 is 0. The Hall–Kier alpha value is -1.51. The molecular formula is C11H16N2O. The third-order valence-electron chi connectivity index (χ3n) is 1.98. The van der Waals surface area contributed by atoms with Crippen LogP contribution in [0.5, 0.6) is 0 Å². The summed E-state index contributed by atoms with van der Waals surface area (Å²) in [7, 11) is 0. The number of hydrogen-bond acceptors (Lipinski definition) is 2. The summed E-state index contributed by atoms with van der Waals surface area (Å²) in [6, 6.07) is 8.16. The first kappa shape index (κ1) is 10.6. The van der Waals surface area contributed by atoms with Crippen molar-refractivity contribution in [3.63, 3.8) is 0 Å². The predicted molar refractivity (Wildman–Crippen MR) is 58.1 cm³/mol. The molecule has 0 fully saturated rings. The van der Waals surface area contributed by atoms with Crippen molar-refractivity contribution in [2.45, 2.75) is 19.8 Å². The minimum atomic E-state index is -0.240. The average Bonchev–Trinajstić information content (AvgIpc) is 2.15. The first-order chi connectivity index (χ1) is 6.68. The minimum Gasteiger partial charge on any atom is -0.385 e. The Morgan fingerprint density at radius 1 is 1.36 bits per heavy atom. The van der Waals surface area contributed by atoms with E-state index in [0.717, 1.165) is 18.7 Å². The van der Waals surface area contributed by atoms with Gasteiger partial charge >= 0.3 is 0 Å². The Labute approximate surface area is 84.3 Å². The Kier molecular flexibility index (Phi) is 3.98. The fraction of sp³-hybridized carbons (Fsp3) is 0.364. The highest BCUT2D eigenvalue weighted by Crippen LogP contribution is 2.08. The van der Waals surface area contributed by atoms with Gasteiger partial charge in [-0.15, -0.1) is 0 Å². The highest BCUT2D eigenvalue weighted by Gasteiger charge is 1.94. The van der Waals surface area contributed by atoms with E-state index >= 15 is 0 Å². The van der Waals surface area contributed by atoms with Crippen molar-refractivity contribution in [1.29, 1.82) is 0 Å². The second-order valence-electron chi connectivity index (χ2n) is 3.36. The molecule has 14 heavy (non-hydrogen) atoms. The summed E-state index contributed by atoms with van der Waals surface area (Å²) in [6.07, 6.45) is 1.22. The normalized spacial score (nSPS) is 9.79. The van der Waals surface area contributed by atoms with Gasteiger partial charge in [0.05, 0.1) is 0 Å².